The van der Waals surface area contributed by atoms with E-state index >= 15 is 0 Å². The SMILES string of the molecule is C[C@@H]1CN([C@@H](CNC(=O)C2CC2)c2c(F)cccc2Cl)CCO1. The molecule has 1 aliphatic heterocycles. The van der Waals surface area contributed by atoms with E-state index in [4.69, 9.17) is 16.3 Å². The Morgan fingerprint density at radius 2 is 2.30 bits per heavy atom. The van der Waals surface area contributed by atoms with Crippen LogP contribution in [0.25, 0.3) is 0 Å². The largest absolute Gasteiger partial charge is 0.376 e. The highest BCUT2D eigenvalue weighted by Gasteiger charge is 2.33. The second-order valence-corrected chi connectivity index (χ2v) is 6.75. The molecule has 1 aromatic carbocycles. The molecule has 6 heteroatoms. The lowest BCUT2D eigenvalue weighted by Gasteiger charge is -2.38. The number of hydrogen-bond acceptors (Lipinski definition) is 3. The molecular weight excluding hydrogens is 319 g/mol. The van der Waals surface area contributed by atoms with Gasteiger partial charge in [-0.2, -0.15) is 0 Å². The zero-order valence-corrected chi connectivity index (χ0v) is 14.0. The van der Waals surface area contributed by atoms with Crippen LogP contribution in [-0.2, 0) is 9.53 Å². The van der Waals surface area contributed by atoms with E-state index in [-0.39, 0.29) is 29.8 Å². The first-order valence-electron chi connectivity index (χ1n) is 8.13. The zero-order chi connectivity index (χ0) is 16.4. The third-order valence-electron chi connectivity index (χ3n) is 4.46. The summed E-state index contributed by atoms with van der Waals surface area (Å²) < 4.78 is 20.0. The lowest BCUT2D eigenvalue weighted by atomic mass is 10.0. The number of carbonyl (C=O) groups excluding carboxylic acids is 1. The van der Waals surface area contributed by atoms with Crippen molar-refractivity contribution >= 4 is 17.5 Å². The molecule has 3 rings (SSSR count). The summed E-state index contributed by atoms with van der Waals surface area (Å²) >= 11 is 6.26. The van der Waals surface area contributed by atoms with Crippen LogP contribution in [0.1, 0.15) is 31.4 Å². The molecule has 1 aromatic rings. The molecule has 23 heavy (non-hydrogen) atoms. The second kappa shape index (κ2) is 7.16. The van der Waals surface area contributed by atoms with Gasteiger partial charge in [-0.15, -0.1) is 0 Å². The molecule has 0 unspecified atom stereocenters. The fraction of sp³-hybridized carbons (Fsp3) is 0.588. The van der Waals surface area contributed by atoms with Crippen LogP contribution in [0.15, 0.2) is 18.2 Å². The standard InChI is InChI=1S/C17H22ClFN2O2/c1-11-10-21(7-8-23-11)15(9-20-17(22)12-5-6-12)16-13(18)3-2-4-14(16)19/h2-4,11-12,15H,5-10H2,1H3,(H,20,22)/t11-,15+/m1/s1. The van der Waals surface area contributed by atoms with Crippen molar-refractivity contribution in [2.45, 2.75) is 31.9 Å². The van der Waals surface area contributed by atoms with Gasteiger partial charge in [0.2, 0.25) is 5.91 Å². The van der Waals surface area contributed by atoms with Gasteiger partial charge in [-0.1, -0.05) is 17.7 Å². The minimum Gasteiger partial charge on any atom is -0.376 e. The molecule has 1 amide bonds. The minimum atomic E-state index is -0.331. The van der Waals surface area contributed by atoms with Gasteiger partial charge in [0.15, 0.2) is 0 Å². The van der Waals surface area contributed by atoms with E-state index in [2.05, 4.69) is 10.2 Å². The molecule has 2 fully saturated rings. The van der Waals surface area contributed by atoms with Gasteiger partial charge in [0.05, 0.1) is 18.8 Å². The monoisotopic (exact) mass is 340 g/mol. The zero-order valence-electron chi connectivity index (χ0n) is 13.2. The Morgan fingerprint density at radius 3 is 2.96 bits per heavy atom. The fourth-order valence-electron chi connectivity index (χ4n) is 3.06. The maximum Gasteiger partial charge on any atom is 0.223 e. The van der Waals surface area contributed by atoms with E-state index in [0.717, 1.165) is 12.8 Å². The summed E-state index contributed by atoms with van der Waals surface area (Å²) in [7, 11) is 0. The number of benzene rings is 1. The number of carbonyl (C=O) groups is 1. The number of ether oxygens (including phenoxy) is 1. The molecule has 1 N–H and O–H groups in total. The first kappa shape index (κ1) is 16.7. The molecule has 0 aromatic heterocycles. The minimum absolute atomic E-state index is 0.0590. The number of morpholine rings is 1. The highest BCUT2D eigenvalue weighted by Crippen LogP contribution is 2.32. The van der Waals surface area contributed by atoms with Gasteiger partial charge in [0.1, 0.15) is 5.82 Å². The summed E-state index contributed by atoms with van der Waals surface area (Å²) in [5, 5.41) is 3.36. The molecule has 1 aliphatic carbocycles. The molecule has 1 saturated carbocycles. The quantitative estimate of drug-likeness (QED) is 0.896. The van der Waals surface area contributed by atoms with Crippen LogP contribution in [0.3, 0.4) is 0 Å². The Hall–Kier alpha value is -1.17. The average molecular weight is 341 g/mol. The van der Waals surface area contributed by atoms with Crippen molar-refractivity contribution in [2.75, 3.05) is 26.2 Å². The molecule has 2 aliphatic rings. The van der Waals surface area contributed by atoms with E-state index in [1.54, 1.807) is 12.1 Å². The number of hydrogen-bond donors (Lipinski definition) is 1. The van der Waals surface area contributed by atoms with Gasteiger partial charge in [0, 0.05) is 36.1 Å². The number of nitrogens with zero attached hydrogens (tertiary/aromatic N) is 1. The predicted octanol–water partition coefficient (Wildman–Crippen LogP) is 2.77. The Morgan fingerprint density at radius 1 is 1.52 bits per heavy atom. The Balaban J connectivity index is 1.81. The third kappa shape index (κ3) is 4.03. The van der Waals surface area contributed by atoms with Crippen LogP contribution in [0.5, 0.6) is 0 Å². The smallest absolute Gasteiger partial charge is 0.223 e. The normalized spacial score (nSPS) is 23.5. The third-order valence-corrected chi connectivity index (χ3v) is 4.79. The van der Waals surface area contributed by atoms with Crippen LogP contribution >= 0.6 is 11.6 Å². The highest BCUT2D eigenvalue weighted by atomic mass is 35.5. The number of halogens is 2. The molecular formula is C17H22ClFN2O2. The summed E-state index contributed by atoms with van der Waals surface area (Å²) in [5.74, 6) is -0.138. The van der Waals surface area contributed by atoms with Crippen LogP contribution < -0.4 is 5.32 Å². The maximum atomic E-state index is 14.4. The lowest BCUT2D eigenvalue weighted by Crippen LogP contribution is -2.47. The molecule has 0 radical (unpaired) electrons. The van der Waals surface area contributed by atoms with Crippen molar-refractivity contribution < 1.29 is 13.9 Å². The topological polar surface area (TPSA) is 41.6 Å². The van der Waals surface area contributed by atoms with Crippen molar-refractivity contribution in [3.8, 4) is 0 Å². The van der Waals surface area contributed by atoms with Crippen LogP contribution in [0.2, 0.25) is 5.02 Å². The van der Waals surface area contributed by atoms with Gasteiger partial charge in [0.25, 0.3) is 0 Å². The molecule has 0 spiro atoms. The van der Waals surface area contributed by atoms with Gasteiger partial charge < -0.3 is 10.1 Å². The molecule has 2 atom stereocenters. The number of nitrogens with one attached hydrogen (secondary N) is 1. The highest BCUT2D eigenvalue weighted by molar-refractivity contribution is 6.31. The molecule has 0 bridgehead atoms. The van der Waals surface area contributed by atoms with E-state index in [9.17, 15) is 9.18 Å². The number of amides is 1. The Labute approximate surface area is 140 Å². The van der Waals surface area contributed by atoms with E-state index in [1.807, 2.05) is 6.92 Å². The lowest BCUT2D eigenvalue weighted by molar-refractivity contribution is -0.122. The summed E-state index contributed by atoms with van der Waals surface area (Å²) in [4.78, 5) is 14.1. The van der Waals surface area contributed by atoms with E-state index < -0.39 is 0 Å². The first-order chi connectivity index (χ1) is 11.1. The number of rotatable bonds is 5. The van der Waals surface area contributed by atoms with Gasteiger partial charge in [-0.25, -0.2) is 4.39 Å². The van der Waals surface area contributed by atoms with Crippen LogP contribution in [0.4, 0.5) is 4.39 Å². The van der Waals surface area contributed by atoms with Crippen molar-refractivity contribution in [1.82, 2.24) is 10.2 Å². The fourth-order valence-corrected chi connectivity index (χ4v) is 3.35. The summed E-state index contributed by atoms with van der Waals surface area (Å²) in [6.45, 7) is 4.34. The Bertz CT molecular complexity index is 559. The summed E-state index contributed by atoms with van der Waals surface area (Å²) in [6.07, 6.45) is 1.98. The van der Waals surface area contributed by atoms with Crippen molar-refractivity contribution in [3.63, 3.8) is 0 Å². The van der Waals surface area contributed by atoms with Gasteiger partial charge in [-0.05, 0) is 31.9 Å². The van der Waals surface area contributed by atoms with E-state index in [0.29, 0.717) is 36.8 Å². The maximum absolute atomic E-state index is 14.4. The van der Waals surface area contributed by atoms with Crippen LogP contribution in [-0.4, -0.2) is 43.2 Å². The van der Waals surface area contributed by atoms with Crippen molar-refractivity contribution in [1.29, 1.82) is 0 Å². The second-order valence-electron chi connectivity index (χ2n) is 6.35. The van der Waals surface area contributed by atoms with Gasteiger partial charge in [-0.3, -0.25) is 9.69 Å². The van der Waals surface area contributed by atoms with E-state index in [1.165, 1.54) is 6.07 Å². The predicted molar refractivity (Wildman–Crippen MR) is 86.9 cm³/mol. The van der Waals surface area contributed by atoms with Crippen molar-refractivity contribution in [2.24, 2.45) is 5.92 Å². The van der Waals surface area contributed by atoms with Gasteiger partial charge >= 0.3 is 0 Å². The molecule has 1 heterocycles. The molecule has 1 saturated heterocycles. The summed E-state index contributed by atoms with van der Waals surface area (Å²) in [5.41, 5.74) is 0.458. The average Bonchev–Trinajstić information content (AvgIpc) is 3.34. The molecule has 4 nitrogen and oxygen atoms in total. The van der Waals surface area contributed by atoms with Crippen molar-refractivity contribution in [3.05, 3.63) is 34.6 Å². The van der Waals surface area contributed by atoms with Crippen LogP contribution in [0, 0.1) is 11.7 Å². The first-order valence-corrected chi connectivity index (χ1v) is 8.51. The summed E-state index contributed by atoms with van der Waals surface area (Å²) in [6, 6.07) is 4.43. The molecule has 126 valence electrons. The Kier molecular flexibility index (Phi) is 5.19.